The predicted molar refractivity (Wildman–Crippen MR) is 72.4 cm³/mol. The second-order valence-corrected chi connectivity index (χ2v) is 4.69. The summed E-state index contributed by atoms with van der Waals surface area (Å²) in [5.74, 6) is 0. The molecule has 2 aliphatic carbocycles. The molecule has 2 aliphatic rings. The number of benzene rings is 2. The van der Waals surface area contributed by atoms with Gasteiger partial charge in [-0.1, -0.05) is 54.6 Å². The van der Waals surface area contributed by atoms with E-state index in [1.54, 1.807) is 0 Å². The second-order valence-electron chi connectivity index (χ2n) is 4.69. The summed E-state index contributed by atoms with van der Waals surface area (Å²) < 4.78 is 0. The van der Waals surface area contributed by atoms with E-state index in [0.29, 0.717) is 0 Å². The summed E-state index contributed by atoms with van der Waals surface area (Å²) in [6, 6.07) is 17.3. The molecular weight excluding hydrogens is 204 g/mol. The Balaban J connectivity index is 1.97. The molecule has 0 saturated carbocycles. The minimum absolute atomic E-state index is 1.07. The lowest BCUT2D eigenvalue weighted by molar-refractivity contribution is 1.20. The van der Waals surface area contributed by atoms with Gasteiger partial charge in [-0.3, -0.25) is 0 Å². The summed E-state index contributed by atoms with van der Waals surface area (Å²) in [6.45, 7) is 0. The van der Waals surface area contributed by atoms with Crippen LogP contribution >= 0.6 is 0 Å². The largest absolute Gasteiger partial charge is 0.0619 e. The van der Waals surface area contributed by atoms with Crippen molar-refractivity contribution >= 4 is 17.7 Å². The first-order valence-corrected chi connectivity index (χ1v) is 6.02. The molecule has 0 aliphatic heterocycles. The SMILES string of the molecule is C1=C2Cc3ccccc3C=C2c2ccccc21. The van der Waals surface area contributed by atoms with Gasteiger partial charge >= 0.3 is 0 Å². The minimum Gasteiger partial charge on any atom is -0.0619 e. The van der Waals surface area contributed by atoms with E-state index in [9.17, 15) is 0 Å². The molecule has 4 rings (SSSR count). The summed E-state index contributed by atoms with van der Waals surface area (Å²) in [7, 11) is 0. The van der Waals surface area contributed by atoms with Crippen molar-refractivity contribution in [3.8, 4) is 0 Å². The maximum absolute atomic E-state index is 2.33. The van der Waals surface area contributed by atoms with Crippen molar-refractivity contribution in [2.75, 3.05) is 0 Å². The zero-order valence-corrected chi connectivity index (χ0v) is 9.48. The van der Waals surface area contributed by atoms with E-state index >= 15 is 0 Å². The third-order valence-corrected chi connectivity index (χ3v) is 3.66. The maximum Gasteiger partial charge on any atom is -0.00134 e. The average Bonchev–Trinajstić information content (AvgIpc) is 2.73. The van der Waals surface area contributed by atoms with Gasteiger partial charge in [-0.05, 0) is 45.9 Å². The Hall–Kier alpha value is -2.08. The fourth-order valence-corrected chi connectivity index (χ4v) is 2.82. The highest BCUT2D eigenvalue weighted by molar-refractivity contribution is 6.03. The summed E-state index contributed by atoms with van der Waals surface area (Å²) in [6.07, 6.45) is 5.73. The van der Waals surface area contributed by atoms with E-state index in [4.69, 9.17) is 0 Å². The van der Waals surface area contributed by atoms with Gasteiger partial charge in [0.2, 0.25) is 0 Å². The van der Waals surface area contributed by atoms with Crippen molar-refractivity contribution in [3.63, 3.8) is 0 Å². The molecule has 17 heavy (non-hydrogen) atoms. The molecule has 0 aromatic heterocycles. The van der Waals surface area contributed by atoms with Gasteiger partial charge in [0.25, 0.3) is 0 Å². The van der Waals surface area contributed by atoms with Crippen molar-refractivity contribution in [2.45, 2.75) is 6.42 Å². The van der Waals surface area contributed by atoms with Crippen LogP contribution < -0.4 is 0 Å². The van der Waals surface area contributed by atoms with Crippen molar-refractivity contribution in [2.24, 2.45) is 0 Å². The number of hydrogen-bond acceptors (Lipinski definition) is 0. The van der Waals surface area contributed by atoms with Crippen LogP contribution in [0.25, 0.3) is 17.7 Å². The van der Waals surface area contributed by atoms with Crippen molar-refractivity contribution in [3.05, 3.63) is 76.4 Å². The van der Waals surface area contributed by atoms with Gasteiger partial charge in [0.15, 0.2) is 0 Å². The highest BCUT2D eigenvalue weighted by Crippen LogP contribution is 2.41. The Morgan fingerprint density at radius 3 is 2.41 bits per heavy atom. The van der Waals surface area contributed by atoms with Gasteiger partial charge < -0.3 is 0 Å². The maximum atomic E-state index is 2.33. The Bertz CT molecular complexity index is 672. The van der Waals surface area contributed by atoms with Crippen LogP contribution in [-0.2, 0) is 6.42 Å². The molecule has 0 amide bonds. The van der Waals surface area contributed by atoms with Crippen LogP contribution in [0.15, 0.2) is 54.1 Å². The van der Waals surface area contributed by atoms with Gasteiger partial charge in [0.1, 0.15) is 0 Å². The van der Waals surface area contributed by atoms with Crippen LogP contribution in [0.5, 0.6) is 0 Å². The Labute approximate surface area is 101 Å². The van der Waals surface area contributed by atoms with Gasteiger partial charge in [-0.15, -0.1) is 0 Å². The van der Waals surface area contributed by atoms with Crippen LogP contribution in [-0.4, -0.2) is 0 Å². The molecule has 0 N–H and O–H groups in total. The van der Waals surface area contributed by atoms with Gasteiger partial charge in [0, 0.05) is 0 Å². The zero-order chi connectivity index (χ0) is 11.2. The smallest absolute Gasteiger partial charge is 0.00134 e. The predicted octanol–water partition coefficient (Wildman–Crippen LogP) is 4.18. The fraction of sp³-hybridized carbons (Fsp3) is 0.0588. The zero-order valence-electron chi connectivity index (χ0n) is 9.48. The number of rotatable bonds is 0. The lowest BCUT2D eigenvalue weighted by Gasteiger charge is -2.16. The molecule has 0 atom stereocenters. The molecule has 0 saturated heterocycles. The molecule has 80 valence electrons. The van der Waals surface area contributed by atoms with E-state index in [-0.39, 0.29) is 0 Å². The quantitative estimate of drug-likeness (QED) is 0.619. The molecule has 0 spiro atoms. The monoisotopic (exact) mass is 216 g/mol. The first kappa shape index (κ1) is 9.00. The van der Waals surface area contributed by atoms with Crippen molar-refractivity contribution in [1.29, 1.82) is 0 Å². The lowest BCUT2D eigenvalue weighted by atomic mass is 9.88. The van der Waals surface area contributed by atoms with Crippen LogP contribution in [0.4, 0.5) is 0 Å². The third-order valence-electron chi connectivity index (χ3n) is 3.66. The number of fused-ring (bicyclic) bond motifs is 4. The van der Waals surface area contributed by atoms with Crippen LogP contribution in [0.3, 0.4) is 0 Å². The lowest BCUT2D eigenvalue weighted by Crippen LogP contribution is -1.99. The van der Waals surface area contributed by atoms with Crippen LogP contribution in [0.2, 0.25) is 0 Å². The normalized spacial score (nSPS) is 15.5. The molecular formula is C17H12. The Morgan fingerprint density at radius 2 is 1.47 bits per heavy atom. The molecule has 0 radical (unpaired) electrons. The summed E-state index contributed by atoms with van der Waals surface area (Å²) in [4.78, 5) is 0. The molecule has 2 aromatic carbocycles. The molecule has 2 aromatic rings. The van der Waals surface area contributed by atoms with Crippen LogP contribution in [0.1, 0.15) is 22.3 Å². The van der Waals surface area contributed by atoms with Gasteiger partial charge in [-0.2, -0.15) is 0 Å². The number of hydrogen-bond donors (Lipinski definition) is 0. The van der Waals surface area contributed by atoms with Gasteiger partial charge in [-0.25, -0.2) is 0 Å². The second kappa shape index (κ2) is 3.21. The molecule has 0 heterocycles. The number of allylic oxidation sites excluding steroid dienone is 2. The minimum atomic E-state index is 1.07. The highest BCUT2D eigenvalue weighted by Gasteiger charge is 2.22. The Morgan fingerprint density at radius 1 is 0.706 bits per heavy atom. The molecule has 0 unspecified atom stereocenters. The topological polar surface area (TPSA) is 0 Å². The Kier molecular flexibility index (Phi) is 1.70. The summed E-state index contributed by atoms with van der Waals surface area (Å²) in [5, 5.41) is 0. The highest BCUT2D eigenvalue weighted by atomic mass is 14.3. The van der Waals surface area contributed by atoms with Crippen molar-refractivity contribution in [1.82, 2.24) is 0 Å². The van der Waals surface area contributed by atoms with E-state index in [2.05, 4.69) is 60.7 Å². The van der Waals surface area contributed by atoms with Crippen molar-refractivity contribution < 1.29 is 0 Å². The molecule has 0 bridgehead atoms. The molecule has 0 fully saturated rings. The summed E-state index contributed by atoms with van der Waals surface area (Å²) in [5.41, 5.74) is 8.44. The first-order valence-electron chi connectivity index (χ1n) is 6.02. The average molecular weight is 216 g/mol. The summed E-state index contributed by atoms with van der Waals surface area (Å²) >= 11 is 0. The fourth-order valence-electron chi connectivity index (χ4n) is 2.82. The first-order chi connectivity index (χ1) is 8.42. The van der Waals surface area contributed by atoms with E-state index in [0.717, 1.165) is 6.42 Å². The third kappa shape index (κ3) is 1.24. The van der Waals surface area contributed by atoms with Gasteiger partial charge in [0.05, 0.1) is 0 Å². The van der Waals surface area contributed by atoms with E-state index in [1.807, 2.05) is 0 Å². The molecule has 0 heteroatoms. The van der Waals surface area contributed by atoms with Crippen LogP contribution in [0, 0.1) is 0 Å². The van der Waals surface area contributed by atoms with E-state index < -0.39 is 0 Å². The standard InChI is InChI=1S/C17H12/c1-2-6-13-11-17-15(9-12(13)5-1)10-14-7-3-4-8-16(14)17/h1-8,10-11H,9H2. The molecule has 0 nitrogen and oxygen atoms in total. The van der Waals surface area contributed by atoms with E-state index in [1.165, 1.54) is 33.4 Å².